The van der Waals surface area contributed by atoms with Crippen LogP contribution in [0.2, 0.25) is 0 Å². The number of anilines is 1. The van der Waals surface area contributed by atoms with Crippen LogP contribution in [0.15, 0.2) is 24.3 Å². The molecule has 1 aromatic rings. The highest BCUT2D eigenvalue weighted by molar-refractivity contribution is 5.88. The second kappa shape index (κ2) is 5.64. The molecular formula is C16H22N2O. The van der Waals surface area contributed by atoms with E-state index in [2.05, 4.69) is 16.7 Å². The molecule has 1 saturated carbocycles. The van der Waals surface area contributed by atoms with Gasteiger partial charge in [-0.05, 0) is 24.0 Å². The number of para-hydroxylation sites is 1. The third kappa shape index (κ3) is 2.75. The maximum absolute atomic E-state index is 12.2. The first-order valence-corrected chi connectivity index (χ1v) is 7.45. The molecule has 1 aromatic carbocycles. The fraction of sp³-hybridized carbons (Fsp3) is 0.562. The van der Waals surface area contributed by atoms with Crippen LogP contribution < -0.4 is 10.6 Å². The van der Waals surface area contributed by atoms with Crippen LogP contribution in [0, 0.1) is 5.92 Å². The van der Waals surface area contributed by atoms with Crippen molar-refractivity contribution in [3.05, 3.63) is 29.8 Å². The van der Waals surface area contributed by atoms with Crippen LogP contribution >= 0.6 is 0 Å². The molecule has 0 bridgehead atoms. The van der Waals surface area contributed by atoms with E-state index in [4.69, 9.17) is 0 Å². The Morgan fingerprint density at radius 2 is 2.05 bits per heavy atom. The van der Waals surface area contributed by atoms with Crippen molar-refractivity contribution in [1.82, 2.24) is 5.32 Å². The minimum Gasteiger partial charge on any atom is -0.384 e. The Balaban J connectivity index is 1.51. The summed E-state index contributed by atoms with van der Waals surface area (Å²) >= 11 is 0. The predicted octanol–water partition coefficient (Wildman–Crippen LogP) is 2.89. The van der Waals surface area contributed by atoms with Crippen molar-refractivity contribution in [2.24, 2.45) is 5.92 Å². The van der Waals surface area contributed by atoms with Gasteiger partial charge in [0.05, 0.1) is 5.92 Å². The molecule has 0 spiro atoms. The molecular weight excluding hydrogens is 236 g/mol. The fourth-order valence-electron chi connectivity index (χ4n) is 3.34. The quantitative estimate of drug-likeness (QED) is 0.872. The number of fused-ring (bicyclic) bond motifs is 1. The average molecular weight is 258 g/mol. The predicted molar refractivity (Wildman–Crippen MR) is 77.3 cm³/mol. The summed E-state index contributed by atoms with van der Waals surface area (Å²) in [4.78, 5) is 12.2. The van der Waals surface area contributed by atoms with Gasteiger partial charge in [0.15, 0.2) is 0 Å². The molecule has 1 atom stereocenters. The Morgan fingerprint density at radius 1 is 1.26 bits per heavy atom. The van der Waals surface area contributed by atoms with Gasteiger partial charge in [-0.2, -0.15) is 0 Å². The van der Waals surface area contributed by atoms with Gasteiger partial charge in [0.1, 0.15) is 0 Å². The molecule has 0 saturated heterocycles. The lowest BCUT2D eigenvalue weighted by Gasteiger charge is -2.13. The fourth-order valence-corrected chi connectivity index (χ4v) is 3.34. The van der Waals surface area contributed by atoms with Crippen LogP contribution in [0.1, 0.15) is 43.6 Å². The van der Waals surface area contributed by atoms with Crippen molar-refractivity contribution in [2.75, 3.05) is 18.4 Å². The lowest BCUT2D eigenvalue weighted by atomic mass is 10.00. The zero-order valence-corrected chi connectivity index (χ0v) is 11.3. The molecule has 3 rings (SSSR count). The van der Waals surface area contributed by atoms with E-state index in [1.54, 1.807) is 0 Å². The molecule has 102 valence electrons. The maximum atomic E-state index is 12.2. The Morgan fingerprint density at radius 3 is 2.89 bits per heavy atom. The highest BCUT2D eigenvalue weighted by atomic mass is 16.1. The van der Waals surface area contributed by atoms with Gasteiger partial charge >= 0.3 is 0 Å². The molecule has 1 fully saturated rings. The minimum atomic E-state index is -0.0141. The van der Waals surface area contributed by atoms with Crippen molar-refractivity contribution in [1.29, 1.82) is 0 Å². The van der Waals surface area contributed by atoms with Crippen LogP contribution in [-0.4, -0.2) is 19.0 Å². The highest BCUT2D eigenvalue weighted by Gasteiger charge is 2.27. The number of amides is 1. The minimum absolute atomic E-state index is 0.0141. The van der Waals surface area contributed by atoms with Crippen molar-refractivity contribution in [3.8, 4) is 0 Å². The van der Waals surface area contributed by atoms with Crippen molar-refractivity contribution >= 4 is 11.6 Å². The lowest BCUT2D eigenvalue weighted by Crippen LogP contribution is -2.31. The second-order valence-corrected chi connectivity index (χ2v) is 5.75. The van der Waals surface area contributed by atoms with Gasteiger partial charge in [-0.25, -0.2) is 0 Å². The standard InChI is InChI=1S/C16H22N2O/c19-16(17-10-9-12-5-1-2-6-12)14-11-18-15-8-4-3-7-13(14)15/h3-4,7-8,12,14,18H,1-2,5-6,9-11H2,(H,17,19). The summed E-state index contributed by atoms with van der Waals surface area (Å²) in [7, 11) is 0. The number of benzene rings is 1. The summed E-state index contributed by atoms with van der Waals surface area (Å²) in [5.41, 5.74) is 2.25. The molecule has 1 amide bonds. The van der Waals surface area contributed by atoms with E-state index in [1.807, 2.05) is 18.2 Å². The van der Waals surface area contributed by atoms with E-state index in [-0.39, 0.29) is 11.8 Å². The molecule has 0 aromatic heterocycles. The van der Waals surface area contributed by atoms with Gasteiger partial charge < -0.3 is 10.6 Å². The molecule has 3 nitrogen and oxygen atoms in total. The molecule has 1 unspecified atom stereocenters. The van der Waals surface area contributed by atoms with Crippen molar-refractivity contribution in [2.45, 2.75) is 38.0 Å². The van der Waals surface area contributed by atoms with Gasteiger partial charge in [-0.1, -0.05) is 43.9 Å². The topological polar surface area (TPSA) is 41.1 Å². The van der Waals surface area contributed by atoms with Crippen molar-refractivity contribution in [3.63, 3.8) is 0 Å². The number of carbonyl (C=O) groups is 1. The summed E-state index contributed by atoms with van der Waals surface area (Å²) < 4.78 is 0. The Labute approximate surface area is 114 Å². The zero-order valence-electron chi connectivity index (χ0n) is 11.3. The van der Waals surface area contributed by atoms with Gasteiger partial charge in [0.25, 0.3) is 0 Å². The normalized spacial score (nSPS) is 22.0. The second-order valence-electron chi connectivity index (χ2n) is 5.75. The Kier molecular flexibility index (Phi) is 3.72. The average Bonchev–Trinajstić information content (AvgIpc) is 3.07. The van der Waals surface area contributed by atoms with E-state index in [0.29, 0.717) is 0 Å². The van der Waals surface area contributed by atoms with E-state index < -0.39 is 0 Å². The van der Waals surface area contributed by atoms with Crippen LogP contribution in [0.4, 0.5) is 5.69 Å². The molecule has 3 heteroatoms. The first-order chi connectivity index (χ1) is 9.34. The Hall–Kier alpha value is -1.51. The van der Waals surface area contributed by atoms with Gasteiger partial charge in [0, 0.05) is 18.8 Å². The number of hydrogen-bond donors (Lipinski definition) is 2. The zero-order chi connectivity index (χ0) is 13.1. The summed E-state index contributed by atoms with van der Waals surface area (Å²) in [6.07, 6.45) is 6.60. The molecule has 1 aliphatic heterocycles. The smallest absolute Gasteiger partial charge is 0.229 e. The molecule has 2 aliphatic rings. The van der Waals surface area contributed by atoms with Gasteiger partial charge in [-0.3, -0.25) is 4.79 Å². The number of rotatable bonds is 4. The monoisotopic (exact) mass is 258 g/mol. The van der Waals surface area contributed by atoms with Crippen LogP contribution in [0.5, 0.6) is 0 Å². The number of nitrogens with one attached hydrogen (secondary N) is 2. The third-order valence-corrected chi connectivity index (χ3v) is 4.48. The lowest BCUT2D eigenvalue weighted by molar-refractivity contribution is -0.122. The molecule has 1 heterocycles. The van der Waals surface area contributed by atoms with Crippen LogP contribution in [0.25, 0.3) is 0 Å². The summed E-state index contributed by atoms with van der Waals surface area (Å²) in [6.45, 7) is 1.57. The summed E-state index contributed by atoms with van der Waals surface area (Å²) in [6, 6.07) is 8.11. The third-order valence-electron chi connectivity index (χ3n) is 4.48. The van der Waals surface area contributed by atoms with E-state index in [0.717, 1.165) is 36.7 Å². The summed E-state index contributed by atoms with van der Waals surface area (Å²) in [5, 5.41) is 6.42. The molecule has 19 heavy (non-hydrogen) atoms. The first-order valence-electron chi connectivity index (χ1n) is 7.45. The molecule has 1 aliphatic carbocycles. The maximum Gasteiger partial charge on any atom is 0.229 e. The largest absolute Gasteiger partial charge is 0.384 e. The number of hydrogen-bond acceptors (Lipinski definition) is 2. The number of carbonyl (C=O) groups excluding carboxylic acids is 1. The van der Waals surface area contributed by atoms with Gasteiger partial charge in [-0.15, -0.1) is 0 Å². The van der Waals surface area contributed by atoms with E-state index >= 15 is 0 Å². The van der Waals surface area contributed by atoms with Crippen LogP contribution in [0.3, 0.4) is 0 Å². The highest BCUT2D eigenvalue weighted by Crippen LogP contribution is 2.31. The molecule has 0 radical (unpaired) electrons. The van der Waals surface area contributed by atoms with E-state index in [1.165, 1.54) is 25.7 Å². The van der Waals surface area contributed by atoms with E-state index in [9.17, 15) is 4.79 Å². The molecule has 2 N–H and O–H groups in total. The summed E-state index contributed by atoms with van der Waals surface area (Å²) in [5.74, 6) is 1.00. The SMILES string of the molecule is O=C(NCCC1CCCC1)C1CNc2ccccc21. The Bertz CT molecular complexity index is 452. The first kappa shape index (κ1) is 12.5. The van der Waals surface area contributed by atoms with Crippen molar-refractivity contribution < 1.29 is 4.79 Å². The van der Waals surface area contributed by atoms with Crippen LogP contribution in [-0.2, 0) is 4.79 Å². The van der Waals surface area contributed by atoms with Gasteiger partial charge in [0.2, 0.25) is 5.91 Å².